The molecule has 1 N–H and O–H groups in total. The maximum atomic E-state index is 13.0. The van der Waals surface area contributed by atoms with E-state index in [4.69, 9.17) is 9.47 Å². The van der Waals surface area contributed by atoms with Crippen molar-refractivity contribution in [1.29, 1.82) is 0 Å². The van der Waals surface area contributed by atoms with Crippen LogP contribution in [0.4, 0.5) is 4.79 Å². The highest BCUT2D eigenvalue weighted by molar-refractivity contribution is 5.82. The summed E-state index contributed by atoms with van der Waals surface area (Å²) in [6, 6.07) is 0. The van der Waals surface area contributed by atoms with Crippen molar-refractivity contribution in [3.63, 3.8) is 0 Å². The maximum absolute atomic E-state index is 13.0. The minimum Gasteiger partial charge on any atom is -0.449 e. The van der Waals surface area contributed by atoms with Crippen LogP contribution in [0, 0.1) is 23.2 Å². The van der Waals surface area contributed by atoms with E-state index in [9.17, 15) is 14.4 Å². The van der Waals surface area contributed by atoms with Gasteiger partial charge in [0.25, 0.3) is 0 Å². The predicted molar refractivity (Wildman–Crippen MR) is 114 cm³/mol. The molecule has 0 spiro atoms. The van der Waals surface area contributed by atoms with Crippen LogP contribution >= 0.6 is 0 Å². The number of hydrogen-bond acceptors (Lipinski definition) is 6. The Balaban J connectivity index is 1.17. The van der Waals surface area contributed by atoms with Gasteiger partial charge < -0.3 is 19.7 Å². The van der Waals surface area contributed by atoms with Crippen molar-refractivity contribution in [1.82, 2.24) is 15.1 Å². The van der Waals surface area contributed by atoms with Gasteiger partial charge in [0.1, 0.15) is 18.9 Å². The fraction of sp³-hybridized carbons (Fsp3) is 0.870. The highest BCUT2D eigenvalue weighted by Gasteiger charge is 2.55. The number of alkyl carbamates (subject to hydrolysis) is 1. The average molecular weight is 436 g/mol. The molecule has 4 bridgehead atoms. The second-order valence-electron chi connectivity index (χ2n) is 11.1. The average Bonchev–Trinajstić information content (AvgIpc) is 2.68. The molecule has 0 radical (unpaired) electrons. The highest BCUT2D eigenvalue weighted by Crippen LogP contribution is 2.60. The quantitative estimate of drug-likeness (QED) is 0.667. The Bertz CT molecular complexity index is 673. The van der Waals surface area contributed by atoms with E-state index in [2.05, 4.69) is 10.2 Å². The molecule has 0 atom stereocenters. The van der Waals surface area contributed by atoms with E-state index in [0.29, 0.717) is 32.9 Å². The molecule has 1 saturated heterocycles. The minimum absolute atomic E-state index is 0.00617. The van der Waals surface area contributed by atoms with Gasteiger partial charge in [-0.3, -0.25) is 14.5 Å². The van der Waals surface area contributed by atoms with Crippen molar-refractivity contribution in [2.45, 2.75) is 64.9 Å². The van der Waals surface area contributed by atoms with Gasteiger partial charge in [-0.2, -0.15) is 0 Å². The number of carbonyl (C=O) groups is 3. The van der Waals surface area contributed by atoms with Crippen molar-refractivity contribution in [2.75, 3.05) is 39.5 Å². The number of hydrogen-bond donors (Lipinski definition) is 1. The summed E-state index contributed by atoms with van der Waals surface area (Å²) in [7, 11) is 0. The number of amides is 2. The lowest BCUT2D eigenvalue weighted by Gasteiger charge is -2.55. The van der Waals surface area contributed by atoms with Crippen LogP contribution in [-0.2, 0) is 19.1 Å². The van der Waals surface area contributed by atoms with Crippen molar-refractivity contribution >= 4 is 18.0 Å². The Kier molecular flexibility index (Phi) is 6.21. The number of rotatable bonds is 5. The van der Waals surface area contributed by atoms with Crippen LogP contribution in [-0.4, -0.2) is 72.8 Å². The van der Waals surface area contributed by atoms with Crippen LogP contribution in [0.3, 0.4) is 0 Å². The molecule has 2 amide bonds. The Morgan fingerprint density at radius 3 is 2.00 bits per heavy atom. The number of nitrogens with zero attached hydrogens (tertiary/aromatic N) is 2. The second-order valence-corrected chi connectivity index (χ2v) is 11.1. The summed E-state index contributed by atoms with van der Waals surface area (Å²) < 4.78 is 11.0. The van der Waals surface area contributed by atoms with Crippen LogP contribution < -0.4 is 5.32 Å². The SMILES string of the molecule is CC(C)(C)OC(=O)NCC(=O)N1CCN(COC(=O)C23CC4CC(CC(C4)C2)C3)CC1. The third-order valence-corrected chi connectivity index (χ3v) is 7.36. The number of nitrogens with one attached hydrogen (secondary N) is 1. The third kappa shape index (κ3) is 5.33. The molecule has 5 fully saturated rings. The summed E-state index contributed by atoms with van der Waals surface area (Å²) >= 11 is 0. The van der Waals surface area contributed by atoms with E-state index in [1.54, 1.807) is 25.7 Å². The maximum Gasteiger partial charge on any atom is 0.408 e. The van der Waals surface area contributed by atoms with E-state index in [1.807, 2.05) is 0 Å². The van der Waals surface area contributed by atoms with Gasteiger partial charge in [-0.1, -0.05) is 0 Å². The topological polar surface area (TPSA) is 88.2 Å². The van der Waals surface area contributed by atoms with Gasteiger partial charge in [0.2, 0.25) is 5.91 Å². The lowest BCUT2D eigenvalue weighted by molar-refractivity contribution is -0.177. The molecular formula is C23H37N3O5. The van der Waals surface area contributed by atoms with Crippen LogP contribution in [0.5, 0.6) is 0 Å². The first-order valence-electron chi connectivity index (χ1n) is 11.8. The molecule has 0 aromatic carbocycles. The van der Waals surface area contributed by atoms with Gasteiger partial charge in [-0.05, 0) is 77.0 Å². The van der Waals surface area contributed by atoms with Gasteiger partial charge >= 0.3 is 12.1 Å². The predicted octanol–water partition coefficient (Wildman–Crippen LogP) is 2.37. The molecule has 174 valence electrons. The smallest absolute Gasteiger partial charge is 0.408 e. The Morgan fingerprint density at radius 1 is 0.935 bits per heavy atom. The van der Waals surface area contributed by atoms with Gasteiger partial charge in [0, 0.05) is 26.2 Å². The standard InChI is InChI=1S/C23H37N3O5/c1-22(2,3)31-21(29)24-14-19(27)26-6-4-25(5-7-26)15-30-20(28)23-11-16-8-17(12-23)10-18(9-16)13-23/h16-18H,4-15H2,1-3H3,(H,24,29). The summed E-state index contributed by atoms with van der Waals surface area (Å²) in [6.45, 7) is 8.01. The first kappa shape index (κ1) is 22.4. The molecule has 4 saturated carbocycles. The lowest BCUT2D eigenvalue weighted by Crippen LogP contribution is -2.53. The van der Waals surface area contributed by atoms with E-state index in [0.717, 1.165) is 37.0 Å². The number of esters is 1. The van der Waals surface area contributed by atoms with Gasteiger partial charge in [-0.15, -0.1) is 0 Å². The van der Waals surface area contributed by atoms with Crippen LogP contribution in [0.1, 0.15) is 59.3 Å². The molecule has 5 rings (SSSR count). The first-order valence-corrected chi connectivity index (χ1v) is 11.8. The first-order chi connectivity index (χ1) is 14.6. The fourth-order valence-electron chi connectivity index (χ4n) is 6.36. The minimum atomic E-state index is -0.591. The molecule has 8 heteroatoms. The van der Waals surface area contributed by atoms with E-state index in [1.165, 1.54) is 19.3 Å². The molecule has 5 aliphatic rings. The molecule has 8 nitrogen and oxygen atoms in total. The summed E-state index contributed by atoms with van der Waals surface area (Å²) in [5, 5.41) is 2.52. The zero-order valence-corrected chi connectivity index (χ0v) is 19.2. The van der Waals surface area contributed by atoms with Crippen molar-refractivity contribution in [2.24, 2.45) is 23.2 Å². The Hall–Kier alpha value is -1.83. The molecule has 4 aliphatic carbocycles. The van der Waals surface area contributed by atoms with Crippen LogP contribution in [0.15, 0.2) is 0 Å². The number of piperazine rings is 1. The monoisotopic (exact) mass is 435 g/mol. The van der Waals surface area contributed by atoms with E-state index in [-0.39, 0.29) is 23.8 Å². The largest absolute Gasteiger partial charge is 0.449 e. The number of carbonyl (C=O) groups excluding carboxylic acids is 3. The van der Waals surface area contributed by atoms with E-state index < -0.39 is 11.7 Å². The summed E-state index contributed by atoms with van der Waals surface area (Å²) in [4.78, 5) is 40.9. The van der Waals surface area contributed by atoms with Crippen LogP contribution in [0.25, 0.3) is 0 Å². The van der Waals surface area contributed by atoms with Gasteiger partial charge in [0.15, 0.2) is 0 Å². The van der Waals surface area contributed by atoms with Crippen molar-refractivity contribution in [3.8, 4) is 0 Å². The summed E-state index contributed by atoms with van der Waals surface area (Å²) in [5.41, 5.74) is -0.813. The molecule has 1 aliphatic heterocycles. The van der Waals surface area contributed by atoms with Crippen molar-refractivity contribution in [3.05, 3.63) is 0 Å². The molecule has 31 heavy (non-hydrogen) atoms. The van der Waals surface area contributed by atoms with Crippen molar-refractivity contribution < 1.29 is 23.9 Å². The zero-order valence-electron chi connectivity index (χ0n) is 19.2. The Morgan fingerprint density at radius 2 is 1.48 bits per heavy atom. The zero-order chi connectivity index (χ0) is 22.2. The number of ether oxygens (including phenoxy) is 2. The third-order valence-electron chi connectivity index (χ3n) is 7.36. The van der Waals surface area contributed by atoms with Gasteiger partial charge in [-0.25, -0.2) is 4.79 Å². The second kappa shape index (κ2) is 8.60. The summed E-state index contributed by atoms with van der Waals surface area (Å²) in [5.74, 6) is 2.05. The molecular weight excluding hydrogens is 398 g/mol. The van der Waals surface area contributed by atoms with Crippen LogP contribution in [0.2, 0.25) is 0 Å². The lowest BCUT2D eigenvalue weighted by atomic mass is 9.49. The van der Waals surface area contributed by atoms with Gasteiger partial charge in [0.05, 0.1) is 5.41 Å². The summed E-state index contributed by atoms with van der Waals surface area (Å²) in [6.07, 6.45) is 6.40. The molecule has 0 unspecified atom stereocenters. The normalized spacial score (nSPS) is 32.6. The molecule has 1 heterocycles. The molecule has 0 aromatic rings. The Labute approximate surface area is 185 Å². The van der Waals surface area contributed by atoms with E-state index >= 15 is 0 Å². The fourth-order valence-corrected chi connectivity index (χ4v) is 6.36. The molecule has 0 aromatic heterocycles. The highest BCUT2D eigenvalue weighted by atomic mass is 16.6.